The highest BCUT2D eigenvalue weighted by Gasteiger charge is 2.25. The molecule has 1 aromatic rings. The molecule has 0 radical (unpaired) electrons. The predicted molar refractivity (Wildman–Crippen MR) is 72.6 cm³/mol. The van der Waals surface area contributed by atoms with Gasteiger partial charge in [0.25, 0.3) is 0 Å². The van der Waals surface area contributed by atoms with E-state index in [1.165, 1.54) is 31.2 Å². The molecule has 0 bridgehead atoms. The Morgan fingerprint density at radius 2 is 2.17 bits per heavy atom. The smallest absolute Gasteiger partial charge is 0.212 e. The van der Waals surface area contributed by atoms with E-state index in [9.17, 15) is 0 Å². The number of pyridine rings is 1. The maximum absolute atomic E-state index is 5.94. The van der Waals surface area contributed by atoms with E-state index in [-0.39, 0.29) is 6.04 Å². The first kappa shape index (κ1) is 13.3. The van der Waals surface area contributed by atoms with Crippen molar-refractivity contribution in [2.45, 2.75) is 37.8 Å². The number of hydrogen-bond donors (Lipinski definition) is 1. The lowest BCUT2D eigenvalue weighted by Crippen LogP contribution is -2.37. The molecular weight excluding hydrogens is 226 g/mol. The van der Waals surface area contributed by atoms with Gasteiger partial charge in [0.2, 0.25) is 5.88 Å². The standard InChI is InChI=1S/C14H23N3O/c1-17(12-5-3-4-6-12)13(9-15)11-7-8-14(18-2)16-10-11/h7-8,10,12-13H,3-6,9,15H2,1-2H3. The number of aromatic nitrogens is 1. The Bertz CT molecular complexity index is 360. The summed E-state index contributed by atoms with van der Waals surface area (Å²) in [7, 11) is 3.81. The van der Waals surface area contributed by atoms with Crippen LogP contribution in [0, 0.1) is 0 Å². The van der Waals surface area contributed by atoms with Gasteiger partial charge in [-0.3, -0.25) is 4.90 Å². The Hall–Kier alpha value is -1.13. The van der Waals surface area contributed by atoms with Crippen molar-refractivity contribution in [3.63, 3.8) is 0 Å². The average Bonchev–Trinajstić information content (AvgIpc) is 2.94. The average molecular weight is 249 g/mol. The first-order valence-electron chi connectivity index (χ1n) is 6.68. The van der Waals surface area contributed by atoms with Crippen molar-refractivity contribution in [2.75, 3.05) is 20.7 Å². The molecule has 0 amide bonds. The zero-order valence-corrected chi connectivity index (χ0v) is 11.3. The fourth-order valence-corrected chi connectivity index (χ4v) is 2.81. The quantitative estimate of drug-likeness (QED) is 0.866. The number of nitrogens with zero attached hydrogens (tertiary/aromatic N) is 2. The number of nitrogens with two attached hydrogens (primary N) is 1. The Morgan fingerprint density at radius 1 is 1.44 bits per heavy atom. The van der Waals surface area contributed by atoms with Gasteiger partial charge < -0.3 is 10.5 Å². The van der Waals surface area contributed by atoms with E-state index < -0.39 is 0 Å². The minimum Gasteiger partial charge on any atom is -0.481 e. The number of rotatable bonds is 5. The van der Waals surface area contributed by atoms with Crippen LogP contribution in [-0.2, 0) is 0 Å². The van der Waals surface area contributed by atoms with Crippen LogP contribution in [0.2, 0.25) is 0 Å². The summed E-state index contributed by atoms with van der Waals surface area (Å²) in [5, 5.41) is 0. The van der Waals surface area contributed by atoms with Gasteiger partial charge in [-0.2, -0.15) is 0 Å². The van der Waals surface area contributed by atoms with E-state index in [1.807, 2.05) is 12.3 Å². The molecule has 0 aliphatic heterocycles. The van der Waals surface area contributed by atoms with Gasteiger partial charge in [0, 0.05) is 30.9 Å². The molecule has 2 rings (SSSR count). The molecule has 1 aliphatic rings. The van der Waals surface area contributed by atoms with E-state index >= 15 is 0 Å². The summed E-state index contributed by atoms with van der Waals surface area (Å²) in [6.07, 6.45) is 7.13. The van der Waals surface area contributed by atoms with Crippen LogP contribution in [0.15, 0.2) is 18.3 Å². The van der Waals surface area contributed by atoms with Crippen LogP contribution in [0.25, 0.3) is 0 Å². The highest BCUT2D eigenvalue weighted by molar-refractivity contribution is 5.21. The number of ether oxygens (including phenoxy) is 1. The van der Waals surface area contributed by atoms with Gasteiger partial charge in [-0.15, -0.1) is 0 Å². The highest BCUT2D eigenvalue weighted by Crippen LogP contribution is 2.29. The second-order valence-corrected chi connectivity index (χ2v) is 4.99. The van der Waals surface area contributed by atoms with Crippen molar-refractivity contribution in [3.05, 3.63) is 23.9 Å². The molecule has 2 N–H and O–H groups in total. The lowest BCUT2D eigenvalue weighted by Gasteiger charge is -2.32. The lowest BCUT2D eigenvalue weighted by atomic mass is 10.1. The highest BCUT2D eigenvalue weighted by atomic mass is 16.5. The van der Waals surface area contributed by atoms with Crippen LogP contribution >= 0.6 is 0 Å². The van der Waals surface area contributed by atoms with Gasteiger partial charge in [0.05, 0.1) is 7.11 Å². The Kier molecular flexibility index (Phi) is 4.55. The predicted octanol–water partition coefficient (Wildman–Crippen LogP) is 1.96. The van der Waals surface area contributed by atoms with Crippen molar-refractivity contribution >= 4 is 0 Å². The Morgan fingerprint density at radius 3 is 2.67 bits per heavy atom. The lowest BCUT2D eigenvalue weighted by molar-refractivity contribution is 0.179. The second-order valence-electron chi connectivity index (χ2n) is 4.99. The molecule has 4 heteroatoms. The van der Waals surface area contributed by atoms with Crippen LogP contribution in [-0.4, -0.2) is 36.6 Å². The number of likely N-dealkylation sites (N-methyl/N-ethyl adjacent to an activating group) is 1. The molecule has 1 aliphatic carbocycles. The first-order chi connectivity index (χ1) is 8.76. The summed E-state index contributed by atoms with van der Waals surface area (Å²) in [5.74, 6) is 0.651. The van der Waals surface area contributed by atoms with Gasteiger partial charge in [0.15, 0.2) is 0 Å². The van der Waals surface area contributed by atoms with Crippen molar-refractivity contribution in [1.82, 2.24) is 9.88 Å². The fraction of sp³-hybridized carbons (Fsp3) is 0.643. The molecule has 1 fully saturated rings. The number of methoxy groups -OCH3 is 1. The molecule has 0 aromatic carbocycles. The molecule has 1 atom stereocenters. The zero-order valence-electron chi connectivity index (χ0n) is 11.3. The molecule has 100 valence electrons. The molecule has 18 heavy (non-hydrogen) atoms. The molecule has 1 unspecified atom stereocenters. The monoisotopic (exact) mass is 249 g/mol. The van der Waals surface area contributed by atoms with E-state index in [1.54, 1.807) is 7.11 Å². The zero-order chi connectivity index (χ0) is 13.0. The molecular formula is C14H23N3O. The fourth-order valence-electron chi connectivity index (χ4n) is 2.81. The van der Waals surface area contributed by atoms with E-state index in [4.69, 9.17) is 10.5 Å². The van der Waals surface area contributed by atoms with Crippen LogP contribution in [0.5, 0.6) is 5.88 Å². The summed E-state index contributed by atoms with van der Waals surface area (Å²) < 4.78 is 5.09. The molecule has 1 saturated carbocycles. The Balaban J connectivity index is 2.10. The summed E-state index contributed by atoms with van der Waals surface area (Å²) in [4.78, 5) is 6.68. The van der Waals surface area contributed by atoms with Crippen LogP contribution in [0.3, 0.4) is 0 Å². The van der Waals surface area contributed by atoms with Gasteiger partial charge in [0.1, 0.15) is 0 Å². The maximum atomic E-state index is 5.94. The maximum Gasteiger partial charge on any atom is 0.212 e. The van der Waals surface area contributed by atoms with Gasteiger partial charge in [-0.05, 0) is 25.5 Å². The van der Waals surface area contributed by atoms with E-state index in [2.05, 4.69) is 23.0 Å². The largest absolute Gasteiger partial charge is 0.481 e. The molecule has 4 nitrogen and oxygen atoms in total. The summed E-state index contributed by atoms with van der Waals surface area (Å²) in [6, 6.07) is 4.89. The number of hydrogen-bond acceptors (Lipinski definition) is 4. The van der Waals surface area contributed by atoms with Gasteiger partial charge in [-0.25, -0.2) is 4.98 Å². The van der Waals surface area contributed by atoms with E-state index in [0.717, 1.165) is 0 Å². The minimum absolute atomic E-state index is 0.256. The molecule has 0 saturated heterocycles. The Labute approximate surface area is 109 Å². The van der Waals surface area contributed by atoms with Crippen molar-refractivity contribution in [1.29, 1.82) is 0 Å². The van der Waals surface area contributed by atoms with Crippen molar-refractivity contribution in [2.24, 2.45) is 5.73 Å². The molecule has 1 aromatic heterocycles. The molecule has 1 heterocycles. The first-order valence-corrected chi connectivity index (χ1v) is 6.68. The van der Waals surface area contributed by atoms with Gasteiger partial charge >= 0.3 is 0 Å². The van der Waals surface area contributed by atoms with Crippen LogP contribution < -0.4 is 10.5 Å². The van der Waals surface area contributed by atoms with Crippen molar-refractivity contribution < 1.29 is 4.74 Å². The van der Waals surface area contributed by atoms with Crippen molar-refractivity contribution in [3.8, 4) is 5.88 Å². The third-order valence-corrected chi connectivity index (χ3v) is 3.97. The van der Waals surface area contributed by atoms with Crippen LogP contribution in [0.1, 0.15) is 37.3 Å². The SMILES string of the molecule is COc1ccc(C(CN)N(C)C2CCCC2)cn1. The minimum atomic E-state index is 0.256. The van der Waals surface area contributed by atoms with Gasteiger partial charge in [-0.1, -0.05) is 18.9 Å². The third kappa shape index (κ3) is 2.82. The third-order valence-electron chi connectivity index (χ3n) is 3.97. The summed E-state index contributed by atoms with van der Waals surface area (Å²) in [6.45, 7) is 0.626. The topological polar surface area (TPSA) is 51.4 Å². The second kappa shape index (κ2) is 6.16. The molecule has 0 spiro atoms. The summed E-state index contributed by atoms with van der Waals surface area (Å²) >= 11 is 0. The van der Waals surface area contributed by atoms with Crippen LogP contribution in [0.4, 0.5) is 0 Å². The van der Waals surface area contributed by atoms with E-state index in [0.29, 0.717) is 18.5 Å². The normalized spacial score (nSPS) is 18.2. The summed E-state index contributed by atoms with van der Waals surface area (Å²) in [5.41, 5.74) is 7.12.